The fraction of sp³-hybridized carbons (Fsp3) is 0.667. The van der Waals surface area contributed by atoms with E-state index in [0.29, 0.717) is 0 Å². The molecule has 0 rings (SSSR count). The minimum atomic E-state index is -2.64. The quantitative estimate of drug-likeness (QED) is 0.364. The molecule has 0 fully saturated rings. The van der Waals surface area contributed by atoms with Crippen molar-refractivity contribution in [3.8, 4) is 0 Å². The highest BCUT2D eigenvalue weighted by molar-refractivity contribution is 7.72. The molecule has 0 aromatic carbocycles. The lowest BCUT2D eigenvalue weighted by atomic mass is 10.7. The summed E-state index contributed by atoms with van der Waals surface area (Å²) in [6.45, 7) is -0.289. The highest BCUT2D eigenvalue weighted by atomic mass is 32.2. The van der Waals surface area contributed by atoms with Crippen molar-refractivity contribution in [2.24, 2.45) is 5.73 Å². The largest absolute Gasteiger partial charge is 0.449 e. The van der Waals surface area contributed by atoms with Crippen molar-refractivity contribution in [1.29, 1.82) is 0 Å². The van der Waals surface area contributed by atoms with Crippen LogP contribution in [0.25, 0.3) is 0 Å². The molecule has 9 heavy (non-hydrogen) atoms. The van der Waals surface area contributed by atoms with Gasteiger partial charge in [-0.3, -0.25) is 4.79 Å². The van der Waals surface area contributed by atoms with Crippen LogP contribution >= 0.6 is 0 Å². The van der Waals surface area contributed by atoms with Gasteiger partial charge in [-0.15, -0.1) is 0 Å². The molecule has 0 aromatic rings. The molecule has 0 atom stereocenters. The maximum Gasteiger partial charge on any atom is 0.320 e. The van der Waals surface area contributed by atoms with E-state index < -0.39 is 22.6 Å². The maximum absolute atomic E-state index is 10.1. The molecule has 0 heterocycles. The van der Waals surface area contributed by atoms with Crippen LogP contribution in [0.15, 0.2) is 0 Å². The Morgan fingerprint density at radius 2 is 2.11 bits per heavy atom. The second-order valence-corrected chi connectivity index (χ2v) is 2.11. The number of nitrogens with two attached hydrogens (primary N) is 1. The zero-order valence-corrected chi connectivity index (χ0v) is 5.47. The van der Waals surface area contributed by atoms with Crippen LogP contribution in [-0.2, 0) is 20.2 Å². The number of hydrogen-bond acceptors (Lipinski definition) is 5. The van der Waals surface area contributed by atoms with E-state index >= 15 is 0 Å². The van der Waals surface area contributed by atoms with Crippen molar-refractivity contribution in [1.82, 2.24) is 0 Å². The molecular weight excluding hydrogens is 146 g/mol. The Hall–Kier alpha value is -0.620. The Morgan fingerprint density at radius 3 is 2.44 bits per heavy atom. The number of ether oxygens (including phenoxy) is 1. The first kappa shape index (κ1) is 8.38. The Labute approximate surface area is 53.7 Å². The number of rotatable bonds is 3. The lowest BCUT2D eigenvalue weighted by Crippen LogP contribution is -2.17. The van der Waals surface area contributed by atoms with Gasteiger partial charge in [0, 0.05) is 0 Å². The summed E-state index contributed by atoms with van der Waals surface area (Å²) in [4.78, 5) is 10.1. The van der Waals surface area contributed by atoms with Crippen molar-refractivity contribution >= 4 is 16.7 Å². The molecule has 0 bridgehead atoms. The molecule has 0 saturated heterocycles. The standard InChI is InChI=1S/C3H7NO4S/c4-1-3(5)8-2-9(6)7/h9H,1-2,4H2. The van der Waals surface area contributed by atoms with E-state index in [1.54, 1.807) is 0 Å². The molecule has 0 aliphatic rings. The summed E-state index contributed by atoms with van der Waals surface area (Å²) in [5, 5.41) is 0. The molecule has 0 aromatic heterocycles. The zero-order valence-electron chi connectivity index (χ0n) is 4.57. The first-order chi connectivity index (χ1) is 4.16. The van der Waals surface area contributed by atoms with Gasteiger partial charge in [0.1, 0.15) is 0 Å². The summed E-state index contributed by atoms with van der Waals surface area (Å²) in [5.74, 6) is -1.29. The molecule has 0 aliphatic carbocycles. The minimum Gasteiger partial charge on any atom is -0.449 e. The third kappa shape index (κ3) is 5.25. The Morgan fingerprint density at radius 1 is 1.56 bits per heavy atom. The molecule has 0 spiro atoms. The van der Waals surface area contributed by atoms with Crippen molar-refractivity contribution in [3.63, 3.8) is 0 Å². The number of hydrogen-bond donors (Lipinski definition) is 2. The van der Waals surface area contributed by atoms with Gasteiger partial charge in [-0.2, -0.15) is 0 Å². The second-order valence-electron chi connectivity index (χ2n) is 1.18. The predicted octanol–water partition coefficient (Wildman–Crippen LogP) is -1.94. The number of carbonyl (C=O) groups excluding carboxylic acids is 1. The van der Waals surface area contributed by atoms with Gasteiger partial charge in [0.15, 0.2) is 16.6 Å². The van der Waals surface area contributed by atoms with Gasteiger partial charge in [0.2, 0.25) is 0 Å². The Bertz CT molecular complexity index is 155. The molecule has 0 amide bonds. The van der Waals surface area contributed by atoms with E-state index in [4.69, 9.17) is 5.73 Å². The third-order valence-electron chi connectivity index (χ3n) is 0.498. The monoisotopic (exact) mass is 153 g/mol. The highest BCUT2D eigenvalue weighted by Gasteiger charge is 1.96. The fourth-order valence-electron chi connectivity index (χ4n) is 0.184. The summed E-state index contributed by atoms with van der Waals surface area (Å²) >= 11 is 0. The van der Waals surface area contributed by atoms with E-state index in [-0.39, 0.29) is 6.54 Å². The van der Waals surface area contributed by atoms with E-state index in [0.717, 1.165) is 0 Å². The SMILES string of the molecule is NCC(=O)OC[SH](=O)=O. The van der Waals surface area contributed by atoms with E-state index in [9.17, 15) is 13.2 Å². The average Bonchev–Trinajstić information content (AvgIpc) is 1.83. The van der Waals surface area contributed by atoms with E-state index in [2.05, 4.69) is 4.74 Å². The van der Waals surface area contributed by atoms with Crippen LogP contribution in [0.5, 0.6) is 0 Å². The molecular formula is C3H7NO4S. The van der Waals surface area contributed by atoms with Gasteiger partial charge in [0.25, 0.3) is 0 Å². The van der Waals surface area contributed by atoms with Crippen LogP contribution in [0.4, 0.5) is 0 Å². The fourth-order valence-corrected chi connectivity index (χ4v) is 0.433. The van der Waals surface area contributed by atoms with Gasteiger partial charge in [-0.05, 0) is 0 Å². The minimum absolute atomic E-state index is 0.289. The molecule has 54 valence electrons. The van der Waals surface area contributed by atoms with Crippen LogP contribution in [0, 0.1) is 0 Å². The zero-order chi connectivity index (χ0) is 7.28. The maximum atomic E-state index is 10.1. The summed E-state index contributed by atoms with van der Waals surface area (Å²) in [6.07, 6.45) is 0. The number of thiol groups is 1. The van der Waals surface area contributed by atoms with Crippen LogP contribution in [-0.4, -0.2) is 26.9 Å². The Kier molecular flexibility index (Phi) is 3.98. The van der Waals surface area contributed by atoms with Gasteiger partial charge >= 0.3 is 5.97 Å². The molecule has 0 unspecified atom stereocenters. The summed E-state index contributed by atoms with van der Waals surface area (Å²) < 4.78 is 23.6. The molecule has 0 aliphatic heterocycles. The van der Waals surface area contributed by atoms with Gasteiger partial charge in [-0.25, -0.2) is 8.42 Å². The summed E-state index contributed by atoms with van der Waals surface area (Å²) in [6, 6.07) is 0. The molecule has 0 radical (unpaired) electrons. The van der Waals surface area contributed by atoms with Crippen molar-refractivity contribution < 1.29 is 17.9 Å². The highest BCUT2D eigenvalue weighted by Crippen LogP contribution is 1.73. The van der Waals surface area contributed by atoms with Crippen LogP contribution < -0.4 is 5.73 Å². The number of esters is 1. The van der Waals surface area contributed by atoms with Crippen LogP contribution in [0.2, 0.25) is 0 Å². The van der Waals surface area contributed by atoms with E-state index in [1.165, 1.54) is 0 Å². The molecule has 5 nitrogen and oxygen atoms in total. The van der Waals surface area contributed by atoms with Gasteiger partial charge in [-0.1, -0.05) is 0 Å². The topological polar surface area (TPSA) is 86.5 Å². The normalized spacial score (nSPS) is 9.56. The predicted molar refractivity (Wildman–Crippen MR) is 30.3 cm³/mol. The van der Waals surface area contributed by atoms with Crippen LogP contribution in [0.1, 0.15) is 0 Å². The smallest absolute Gasteiger partial charge is 0.320 e. The lowest BCUT2D eigenvalue weighted by Gasteiger charge is -1.93. The van der Waals surface area contributed by atoms with Crippen molar-refractivity contribution in [2.45, 2.75) is 0 Å². The average molecular weight is 153 g/mol. The molecule has 2 N–H and O–H groups in total. The van der Waals surface area contributed by atoms with Gasteiger partial charge < -0.3 is 10.5 Å². The van der Waals surface area contributed by atoms with Gasteiger partial charge in [0.05, 0.1) is 6.54 Å². The van der Waals surface area contributed by atoms with Crippen molar-refractivity contribution in [3.05, 3.63) is 0 Å². The van der Waals surface area contributed by atoms with Crippen molar-refractivity contribution in [2.75, 3.05) is 12.5 Å². The summed E-state index contributed by atoms with van der Waals surface area (Å²) in [7, 11) is -2.64. The first-order valence-corrected chi connectivity index (χ1v) is 3.50. The number of carbonyl (C=O) groups is 1. The second kappa shape index (κ2) is 4.28. The van der Waals surface area contributed by atoms with E-state index in [1.807, 2.05) is 0 Å². The first-order valence-electron chi connectivity index (χ1n) is 2.14. The molecule has 6 heteroatoms. The molecule has 0 saturated carbocycles. The summed E-state index contributed by atoms with van der Waals surface area (Å²) in [5.41, 5.74) is 4.79. The Balaban J connectivity index is 3.39. The lowest BCUT2D eigenvalue weighted by molar-refractivity contribution is -0.139. The third-order valence-corrected chi connectivity index (χ3v) is 0.838. The van der Waals surface area contributed by atoms with Crippen LogP contribution in [0.3, 0.4) is 0 Å².